The number of hydrogen-bond donors (Lipinski definition) is 2. The zero-order valence-corrected chi connectivity index (χ0v) is 21.5. The second-order valence-electron chi connectivity index (χ2n) is 9.42. The maximum Gasteiger partial charge on any atom is 0.220 e. The van der Waals surface area contributed by atoms with E-state index in [0.29, 0.717) is 19.6 Å². The fraction of sp³-hybridized carbons (Fsp3) is 0.226. The van der Waals surface area contributed by atoms with Crippen LogP contribution in [-0.2, 0) is 24.4 Å². The third kappa shape index (κ3) is 6.69. The number of rotatable bonds is 8. The Hall–Kier alpha value is -3.83. The minimum absolute atomic E-state index is 0. The van der Waals surface area contributed by atoms with E-state index in [2.05, 4.69) is 58.9 Å². The number of benzene rings is 4. The number of fused-ring (bicyclic) bond motifs is 2. The fourth-order valence-corrected chi connectivity index (χ4v) is 5.01. The third-order valence-corrected chi connectivity index (χ3v) is 6.88. The molecule has 0 heterocycles. The van der Waals surface area contributed by atoms with E-state index in [-0.39, 0.29) is 24.2 Å². The van der Waals surface area contributed by atoms with Crippen molar-refractivity contribution in [3.63, 3.8) is 0 Å². The number of nitrogens with one attached hydrogen (secondary N) is 1. The molecule has 0 fully saturated rings. The molecule has 0 spiro atoms. The number of hydrazone groups is 1. The van der Waals surface area contributed by atoms with Gasteiger partial charge in [0.2, 0.25) is 5.91 Å². The number of carbonyl (C=O) groups is 1. The highest BCUT2D eigenvalue weighted by molar-refractivity contribution is 5.90. The molecule has 3 N–H and O–H groups in total. The van der Waals surface area contributed by atoms with Gasteiger partial charge in [-0.1, -0.05) is 60.7 Å². The first-order chi connectivity index (χ1) is 17.7. The maximum absolute atomic E-state index is 12.7. The van der Waals surface area contributed by atoms with Crippen molar-refractivity contribution >= 4 is 35.3 Å². The van der Waals surface area contributed by atoms with Crippen LogP contribution in [-0.4, -0.2) is 12.1 Å². The highest BCUT2D eigenvalue weighted by Gasteiger charge is 2.23. The summed E-state index contributed by atoms with van der Waals surface area (Å²) in [6.07, 6.45) is 5.34. The monoisotopic (exact) mass is 513 g/mol. The highest BCUT2D eigenvalue weighted by Crippen LogP contribution is 2.36. The van der Waals surface area contributed by atoms with E-state index < -0.39 is 0 Å². The number of nitrogens with two attached hydrogens (primary N) is 1. The average molecular weight is 514 g/mol. The van der Waals surface area contributed by atoms with Crippen LogP contribution in [0.15, 0.2) is 90.0 Å². The molecule has 37 heavy (non-hydrogen) atoms. The molecule has 0 bridgehead atoms. The third-order valence-electron chi connectivity index (χ3n) is 6.88. The van der Waals surface area contributed by atoms with Crippen molar-refractivity contribution in [2.24, 2.45) is 10.9 Å². The van der Waals surface area contributed by atoms with E-state index in [0.717, 1.165) is 52.5 Å². The van der Waals surface area contributed by atoms with Gasteiger partial charge < -0.3 is 15.9 Å². The van der Waals surface area contributed by atoms with Crippen LogP contribution in [0.5, 0.6) is 5.75 Å². The molecule has 0 radical (unpaired) electrons. The van der Waals surface area contributed by atoms with Crippen molar-refractivity contribution in [3.05, 3.63) is 113 Å². The summed E-state index contributed by atoms with van der Waals surface area (Å²) in [5.41, 5.74) is 5.78. The van der Waals surface area contributed by atoms with Gasteiger partial charge in [-0.25, -0.2) is 0 Å². The van der Waals surface area contributed by atoms with E-state index in [4.69, 9.17) is 10.6 Å². The Morgan fingerprint density at radius 1 is 0.973 bits per heavy atom. The van der Waals surface area contributed by atoms with Crippen molar-refractivity contribution in [1.82, 2.24) is 5.32 Å². The zero-order chi connectivity index (χ0) is 24.7. The first-order valence-corrected chi connectivity index (χ1v) is 12.5. The molecule has 1 unspecified atom stereocenters. The minimum atomic E-state index is 0. The van der Waals surface area contributed by atoms with E-state index in [1.165, 1.54) is 11.1 Å². The lowest BCUT2D eigenvalue weighted by Crippen LogP contribution is -2.25. The van der Waals surface area contributed by atoms with Gasteiger partial charge in [0, 0.05) is 13.0 Å². The normalized spacial score (nSPS) is 14.6. The number of halogens is 1. The van der Waals surface area contributed by atoms with Gasteiger partial charge in [0.05, 0.1) is 6.21 Å². The lowest BCUT2D eigenvalue weighted by Gasteiger charge is -2.26. The molecule has 190 valence electrons. The van der Waals surface area contributed by atoms with Crippen molar-refractivity contribution in [1.29, 1.82) is 0 Å². The van der Waals surface area contributed by atoms with Crippen LogP contribution in [0.1, 0.15) is 53.0 Å². The van der Waals surface area contributed by atoms with E-state index >= 15 is 0 Å². The van der Waals surface area contributed by atoms with Crippen molar-refractivity contribution in [2.45, 2.75) is 44.8 Å². The second kappa shape index (κ2) is 12.4. The summed E-state index contributed by atoms with van der Waals surface area (Å²) in [6, 6.07) is 28.9. The molecule has 5 nitrogen and oxygen atoms in total. The molecule has 6 heteroatoms. The molecule has 0 aromatic heterocycles. The summed E-state index contributed by atoms with van der Waals surface area (Å²) in [5, 5.41) is 8.97. The van der Waals surface area contributed by atoms with Gasteiger partial charge in [-0.3, -0.25) is 4.79 Å². The Morgan fingerprint density at radius 2 is 1.78 bits per heavy atom. The molecule has 4 aromatic carbocycles. The van der Waals surface area contributed by atoms with Crippen molar-refractivity contribution in [3.8, 4) is 5.75 Å². The number of aryl methyl sites for hydroxylation is 1. The number of nitrogens with zero attached hydrogens (tertiary/aromatic N) is 1. The standard InChI is InChI=1S/C31H31N3O2.ClH/c32-34-20-23-9-11-27-16-24(10-12-26(27)15-23)21-36-29-14-13-25-7-4-8-28(30(25)18-29)17-31(35)33-19-22-5-2-1-3-6-22;/h1-3,5-6,9-16,18,20,28H,4,7-8,17,19,21,32H2,(H,33,35);1H. The van der Waals surface area contributed by atoms with Crippen LogP contribution < -0.4 is 15.9 Å². The Balaban J connectivity index is 0.00000320. The Morgan fingerprint density at radius 3 is 2.62 bits per heavy atom. The summed E-state index contributed by atoms with van der Waals surface area (Å²) in [5.74, 6) is 6.43. The number of amides is 1. The van der Waals surface area contributed by atoms with Gasteiger partial charge in [0.1, 0.15) is 12.4 Å². The summed E-state index contributed by atoms with van der Waals surface area (Å²) >= 11 is 0. The second-order valence-corrected chi connectivity index (χ2v) is 9.42. The molecular weight excluding hydrogens is 482 g/mol. The van der Waals surface area contributed by atoms with E-state index in [1.54, 1.807) is 6.21 Å². The molecular formula is C31H32ClN3O2. The molecule has 1 amide bonds. The summed E-state index contributed by atoms with van der Waals surface area (Å²) in [4.78, 5) is 12.7. The molecule has 1 aliphatic carbocycles. The average Bonchev–Trinajstić information content (AvgIpc) is 2.91. The van der Waals surface area contributed by atoms with Crippen LogP contribution in [0.25, 0.3) is 10.8 Å². The smallest absolute Gasteiger partial charge is 0.220 e. The van der Waals surface area contributed by atoms with Crippen LogP contribution in [0.4, 0.5) is 0 Å². The quantitative estimate of drug-likeness (QED) is 0.166. The van der Waals surface area contributed by atoms with Gasteiger partial charge in [-0.15, -0.1) is 12.4 Å². The maximum atomic E-state index is 12.7. The largest absolute Gasteiger partial charge is 0.489 e. The summed E-state index contributed by atoms with van der Waals surface area (Å²) in [7, 11) is 0. The lowest BCUT2D eigenvalue weighted by atomic mass is 9.81. The lowest BCUT2D eigenvalue weighted by molar-refractivity contribution is -0.121. The van der Waals surface area contributed by atoms with Gasteiger partial charge in [-0.05, 0) is 88.0 Å². The van der Waals surface area contributed by atoms with Crippen LogP contribution in [0.2, 0.25) is 0 Å². The zero-order valence-electron chi connectivity index (χ0n) is 20.7. The van der Waals surface area contributed by atoms with Gasteiger partial charge in [-0.2, -0.15) is 5.10 Å². The minimum Gasteiger partial charge on any atom is -0.489 e. The van der Waals surface area contributed by atoms with Gasteiger partial charge in [0.15, 0.2) is 0 Å². The number of ether oxygens (including phenoxy) is 1. The van der Waals surface area contributed by atoms with E-state index in [1.807, 2.05) is 36.4 Å². The first-order valence-electron chi connectivity index (χ1n) is 12.5. The molecule has 0 saturated heterocycles. The summed E-state index contributed by atoms with van der Waals surface area (Å²) < 4.78 is 6.19. The van der Waals surface area contributed by atoms with Crippen LogP contribution in [0.3, 0.4) is 0 Å². The SMILES string of the molecule is Cl.NN=Cc1ccc2cc(COc3ccc4c(c3)C(CC(=O)NCc3ccccc3)CCC4)ccc2c1. The number of carbonyl (C=O) groups excluding carboxylic acids is 1. The predicted octanol–water partition coefficient (Wildman–Crippen LogP) is 6.26. The summed E-state index contributed by atoms with van der Waals surface area (Å²) in [6.45, 7) is 1.05. The van der Waals surface area contributed by atoms with Crippen LogP contribution >= 0.6 is 12.4 Å². The van der Waals surface area contributed by atoms with Crippen LogP contribution in [0, 0.1) is 0 Å². The molecule has 4 aromatic rings. The molecule has 0 aliphatic heterocycles. The molecule has 1 aliphatic rings. The van der Waals surface area contributed by atoms with E-state index in [9.17, 15) is 4.79 Å². The Bertz CT molecular complexity index is 1390. The van der Waals surface area contributed by atoms with Crippen molar-refractivity contribution in [2.75, 3.05) is 0 Å². The Kier molecular flexibility index (Phi) is 8.81. The van der Waals surface area contributed by atoms with Crippen molar-refractivity contribution < 1.29 is 9.53 Å². The topological polar surface area (TPSA) is 76.7 Å². The molecule has 1 atom stereocenters. The van der Waals surface area contributed by atoms with Gasteiger partial charge in [0.25, 0.3) is 0 Å². The fourth-order valence-electron chi connectivity index (χ4n) is 5.01. The number of hydrogen-bond acceptors (Lipinski definition) is 4. The van der Waals surface area contributed by atoms with Gasteiger partial charge >= 0.3 is 0 Å². The molecule has 5 rings (SSSR count). The first kappa shape index (κ1) is 26.2. The molecule has 0 saturated carbocycles. The Labute approximate surface area is 224 Å². The highest BCUT2D eigenvalue weighted by atomic mass is 35.5. The predicted molar refractivity (Wildman–Crippen MR) is 152 cm³/mol.